The Morgan fingerprint density at radius 2 is 2.04 bits per heavy atom. The lowest BCUT2D eigenvalue weighted by Gasteiger charge is -2.33. The number of nitrogens with zero attached hydrogens (tertiary/aromatic N) is 3. The highest BCUT2D eigenvalue weighted by Gasteiger charge is 2.49. The number of amides is 1. The summed E-state index contributed by atoms with van der Waals surface area (Å²) in [6, 6.07) is 5.19. The van der Waals surface area contributed by atoms with Crippen LogP contribution in [0.15, 0.2) is 24.5 Å². The van der Waals surface area contributed by atoms with Crippen molar-refractivity contribution in [2.75, 3.05) is 19.6 Å². The maximum atomic E-state index is 12.7. The molecule has 3 fully saturated rings. The molecule has 0 bridgehead atoms. The average Bonchev–Trinajstić information content (AvgIpc) is 3.24. The SMILES string of the molecule is CC(C)N1[C@@H](C(=O)NCC2CC2)C[C@@H]2CN(Cc3ccncc3)C[C@@H]21. The van der Waals surface area contributed by atoms with Gasteiger partial charge in [-0.2, -0.15) is 0 Å². The third-order valence-electron chi connectivity index (χ3n) is 6.07. The zero-order valence-corrected chi connectivity index (χ0v) is 15.4. The van der Waals surface area contributed by atoms with Gasteiger partial charge < -0.3 is 5.32 Å². The summed E-state index contributed by atoms with van der Waals surface area (Å²) in [6.07, 6.45) is 7.31. The molecule has 2 saturated heterocycles. The third-order valence-corrected chi connectivity index (χ3v) is 6.07. The minimum atomic E-state index is 0.0665. The highest BCUT2D eigenvalue weighted by molar-refractivity contribution is 5.82. The molecule has 25 heavy (non-hydrogen) atoms. The zero-order valence-electron chi connectivity index (χ0n) is 15.4. The molecular formula is C20H30N4O. The van der Waals surface area contributed by atoms with E-state index in [2.05, 4.69) is 46.1 Å². The first-order valence-electron chi connectivity index (χ1n) is 9.78. The lowest BCUT2D eigenvalue weighted by atomic mass is 10.0. The highest BCUT2D eigenvalue weighted by atomic mass is 16.2. The second kappa shape index (κ2) is 7.04. The van der Waals surface area contributed by atoms with Gasteiger partial charge in [0.05, 0.1) is 6.04 Å². The first-order chi connectivity index (χ1) is 12.1. The van der Waals surface area contributed by atoms with Crippen molar-refractivity contribution < 1.29 is 4.79 Å². The fourth-order valence-electron chi connectivity index (χ4n) is 4.70. The third kappa shape index (κ3) is 3.72. The van der Waals surface area contributed by atoms with Crippen LogP contribution in [0.25, 0.3) is 0 Å². The van der Waals surface area contributed by atoms with E-state index in [9.17, 15) is 4.79 Å². The molecule has 5 heteroatoms. The van der Waals surface area contributed by atoms with Crippen LogP contribution in [0, 0.1) is 11.8 Å². The second-order valence-corrected chi connectivity index (χ2v) is 8.36. The Balaban J connectivity index is 1.38. The predicted octanol–water partition coefficient (Wildman–Crippen LogP) is 1.89. The molecule has 3 aliphatic rings. The smallest absolute Gasteiger partial charge is 0.237 e. The lowest BCUT2D eigenvalue weighted by Crippen LogP contribution is -2.50. The largest absolute Gasteiger partial charge is 0.354 e. The first-order valence-corrected chi connectivity index (χ1v) is 9.78. The van der Waals surface area contributed by atoms with Crippen molar-refractivity contribution in [3.8, 4) is 0 Å². The van der Waals surface area contributed by atoms with Crippen LogP contribution in [0.3, 0.4) is 0 Å². The predicted molar refractivity (Wildman–Crippen MR) is 97.9 cm³/mol. The molecule has 0 unspecified atom stereocenters. The van der Waals surface area contributed by atoms with Crippen LogP contribution in [0.2, 0.25) is 0 Å². The van der Waals surface area contributed by atoms with Crippen LogP contribution in [0.5, 0.6) is 0 Å². The number of likely N-dealkylation sites (tertiary alicyclic amines) is 2. The van der Waals surface area contributed by atoms with Crippen molar-refractivity contribution in [3.63, 3.8) is 0 Å². The minimum absolute atomic E-state index is 0.0665. The molecule has 1 N–H and O–H groups in total. The van der Waals surface area contributed by atoms with Gasteiger partial charge in [-0.25, -0.2) is 0 Å². The topological polar surface area (TPSA) is 48.5 Å². The Morgan fingerprint density at radius 3 is 2.72 bits per heavy atom. The normalized spacial score (nSPS) is 30.0. The summed E-state index contributed by atoms with van der Waals surface area (Å²) in [6.45, 7) is 8.50. The van der Waals surface area contributed by atoms with E-state index in [0.29, 0.717) is 18.0 Å². The van der Waals surface area contributed by atoms with Crippen LogP contribution in [0.4, 0.5) is 0 Å². The molecule has 136 valence electrons. The summed E-state index contributed by atoms with van der Waals surface area (Å²) in [5.74, 6) is 1.62. The van der Waals surface area contributed by atoms with E-state index in [1.54, 1.807) is 0 Å². The van der Waals surface area contributed by atoms with E-state index in [1.807, 2.05) is 12.4 Å². The van der Waals surface area contributed by atoms with Crippen molar-refractivity contribution in [3.05, 3.63) is 30.1 Å². The number of carbonyl (C=O) groups is 1. The fourth-order valence-corrected chi connectivity index (χ4v) is 4.70. The number of nitrogens with one attached hydrogen (secondary N) is 1. The van der Waals surface area contributed by atoms with Crippen LogP contribution in [-0.2, 0) is 11.3 Å². The average molecular weight is 342 g/mol. The molecule has 4 rings (SSSR count). The Kier molecular flexibility index (Phi) is 4.78. The van der Waals surface area contributed by atoms with Crippen LogP contribution in [0.1, 0.15) is 38.7 Å². The molecule has 0 aromatic carbocycles. The molecule has 2 aliphatic heterocycles. The van der Waals surface area contributed by atoms with Crippen molar-refractivity contribution in [2.24, 2.45) is 11.8 Å². The first kappa shape index (κ1) is 17.0. The molecule has 3 atom stereocenters. The number of rotatable bonds is 6. The van der Waals surface area contributed by atoms with Gasteiger partial charge in [-0.1, -0.05) is 0 Å². The standard InChI is InChI=1S/C20H30N4O/c1-14(2)24-18(20(25)22-10-15-3-4-15)9-17-12-23(13-19(17)24)11-16-5-7-21-8-6-16/h5-8,14-15,17-19H,3-4,9-13H2,1-2H3,(H,22,25)/t17-,18-,19+/m1/s1. The maximum absolute atomic E-state index is 12.7. The van der Waals surface area contributed by atoms with Gasteiger partial charge in [0.1, 0.15) is 0 Å². The van der Waals surface area contributed by atoms with Gasteiger partial charge in [0.15, 0.2) is 0 Å². The Hall–Kier alpha value is -1.46. The number of fused-ring (bicyclic) bond motifs is 1. The van der Waals surface area contributed by atoms with Crippen LogP contribution >= 0.6 is 0 Å². The van der Waals surface area contributed by atoms with E-state index in [4.69, 9.17) is 0 Å². The monoisotopic (exact) mass is 342 g/mol. The molecule has 0 radical (unpaired) electrons. The van der Waals surface area contributed by atoms with Gasteiger partial charge >= 0.3 is 0 Å². The van der Waals surface area contributed by atoms with E-state index in [-0.39, 0.29) is 11.9 Å². The summed E-state index contributed by atoms with van der Waals surface area (Å²) in [7, 11) is 0. The van der Waals surface area contributed by atoms with Gasteiger partial charge in [0.2, 0.25) is 5.91 Å². The Labute approximate surface area is 150 Å². The molecule has 1 saturated carbocycles. The van der Waals surface area contributed by atoms with Crippen LogP contribution < -0.4 is 5.32 Å². The summed E-state index contributed by atoms with van der Waals surface area (Å²) >= 11 is 0. The highest BCUT2D eigenvalue weighted by Crippen LogP contribution is 2.38. The minimum Gasteiger partial charge on any atom is -0.354 e. The van der Waals surface area contributed by atoms with Gasteiger partial charge in [-0.05, 0) is 62.6 Å². The molecule has 1 aromatic rings. The lowest BCUT2D eigenvalue weighted by molar-refractivity contribution is -0.126. The van der Waals surface area contributed by atoms with Gasteiger partial charge in [-0.15, -0.1) is 0 Å². The number of pyridine rings is 1. The molecule has 1 aliphatic carbocycles. The van der Waals surface area contributed by atoms with Crippen molar-refractivity contribution >= 4 is 5.91 Å². The molecule has 5 nitrogen and oxygen atoms in total. The van der Waals surface area contributed by atoms with Gasteiger partial charge in [-0.3, -0.25) is 19.6 Å². The van der Waals surface area contributed by atoms with E-state index < -0.39 is 0 Å². The maximum Gasteiger partial charge on any atom is 0.237 e. The summed E-state index contributed by atoms with van der Waals surface area (Å²) in [4.78, 5) is 21.9. The number of hydrogen-bond donors (Lipinski definition) is 1. The molecular weight excluding hydrogens is 312 g/mol. The van der Waals surface area contributed by atoms with E-state index in [1.165, 1.54) is 18.4 Å². The Bertz CT molecular complexity index is 601. The summed E-state index contributed by atoms with van der Waals surface area (Å²) in [5, 5.41) is 3.21. The van der Waals surface area contributed by atoms with E-state index in [0.717, 1.165) is 38.5 Å². The van der Waals surface area contributed by atoms with Gasteiger partial charge in [0.25, 0.3) is 0 Å². The summed E-state index contributed by atoms with van der Waals surface area (Å²) in [5.41, 5.74) is 1.32. The van der Waals surface area contributed by atoms with Crippen molar-refractivity contribution in [2.45, 2.75) is 57.8 Å². The fraction of sp³-hybridized carbons (Fsp3) is 0.700. The molecule has 0 spiro atoms. The number of aromatic nitrogens is 1. The van der Waals surface area contributed by atoms with Crippen molar-refractivity contribution in [1.82, 2.24) is 20.1 Å². The van der Waals surface area contributed by atoms with Gasteiger partial charge in [0, 0.05) is 50.7 Å². The van der Waals surface area contributed by atoms with Crippen molar-refractivity contribution in [1.29, 1.82) is 0 Å². The summed E-state index contributed by atoms with van der Waals surface area (Å²) < 4.78 is 0. The number of hydrogen-bond acceptors (Lipinski definition) is 4. The zero-order chi connectivity index (χ0) is 17.4. The quantitative estimate of drug-likeness (QED) is 0.858. The molecule has 1 aromatic heterocycles. The molecule has 3 heterocycles. The molecule has 1 amide bonds. The number of carbonyl (C=O) groups excluding carboxylic acids is 1. The second-order valence-electron chi connectivity index (χ2n) is 8.36. The van der Waals surface area contributed by atoms with E-state index >= 15 is 0 Å². The van der Waals surface area contributed by atoms with Crippen LogP contribution in [-0.4, -0.2) is 58.5 Å². The Morgan fingerprint density at radius 1 is 1.28 bits per heavy atom.